The van der Waals surface area contributed by atoms with Crippen molar-refractivity contribution in [3.05, 3.63) is 29.6 Å². The Bertz CT molecular complexity index is 579. The third-order valence-electron chi connectivity index (χ3n) is 4.54. The van der Waals surface area contributed by atoms with Crippen molar-refractivity contribution in [1.29, 1.82) is 0 Å². The van der Waals surface area contributed by atoms with Gasteiger partial charge in [0.1, 0.15) is 0 Å². The molecular formula is C18H28N4O3. The van der Waals surface area contributed by atoms with Crippen LogP contribution in [0.3, 0.4) is 0 Å². The molecule has 1 atom stereocenters. The van der Waals surface area contributed by atoms with Crippen LogP contribution in [0.2, 0.25) is 0 Å². The molecule has 1 saturated heterocycles. The summed E-state index contributed by atoms with van der Waals surface area (Å²) in [6, 6.07) is 2.71. The first kappa shape index (κ1) is 19.2. The lowest BCUT2D eigenvalue weighted by atomic mass is 10.0. The van der Waals surface area contributed by atoms with Gasteiger partial charge >= 0.3 is 6.09 Å². The van der Waals surface area contributed by atoms with Crippen LogP contribution < -0.4 is 10.6 Å². The molecule has 0 radical (unpaired) electrons. The van der Waals surface area contributed by atoms with Crippen LogP contribution in [-0.2, 0) is 11.2 Å². The average Bonchev–Trinajstić information content (AvgIpc) is 3.02. The first-order valence-corrected chi connectivity index (χ1v) is 8.94. The molecule has 7 nitrogen and oxygen atoms in total. The molecule has 3 N–H and O–H groups in total. The highest BCUT2D eigenvalue weighted by molar-refractivity contribution is 5.75. The average molecular weight is 348 g/mol. The molecule has 1 aliphatic rings. The number of rotatable bonds is 9. The molecule has 0 aliphatic carbocycles. The van der Waals surface area contributed by atoms with Crippen molar-refractivity contribution < 1.29 is 14.7 Å². The highest BCUT2D eigenvalue weighted by Crippen LogP contribution is 2.30. The van der Waals surface area contributed by atoms with E-state index in [1.165, 1.54) is 24.0 Å². The third kappa shape index (κ3) is 6.70. The van der Waals surface area contributed by atoms with E-state index in [0.717, 1.165) is 19.4 Å². The Labute approximate surface area is 148 Å². The maximum Gasteiger partial charge on any atom is 0.404 e. The van der Waals surface area contributed by atoms with E-state index < -0.39 is 6.09 Å². The number of nitrogens with one attached hydrogen (secondary N) is 2. The SMILES string of the molecule is CN1CCC[C@H]1c1cncc(CCCNC(=O)CCCNC(=O)O)c1. The summed E-state index contributed by atoms with van der Waals surface area (Å²) < 4.78 is 0. The second kappa shape index (κ2) is 9.98. The Kier molecular flexibility index (Phi) is 7.66. The molecule has 0 bridgehead atoms. The van der Waals surface area contributed by atoms with Crippen molar-refractivity contribution in [3.8, 4) is 0 Å². The molecule has 2 amide bonds. The minimum absolute atomic E-state index is 0.0355. The molecule has 138 valence electrons. The Hall–Kier alpha value is -2.15. The molecule has 0 aromatic carbocycles. The fourth-order valence-corrected chi connectivity index (χ4v) is 3.21. The maximum absolute atomic E-state index is 11.7. The van der Waals surface area contributed by atoms with E-state index in [1.54, 1.807) is 0 Å². The number of carbonyl (C=O) groups excluding carboxylic acids is 1. The molecule has 25 heavy (non-hydrogen) atoms. The number of amides is 2. The van der Waals surface area contributed by atoms with Crippen molar-refractivity contribution in [2.24, 2.45) is 0 Å². The normalized spacial score (nSPS) is 17.4. The lowest BCUT2D eigenvalue weighted by molar-refractivity contribution is -0.121. The van der Waals surface area contributed by atoms with Gasteiger partial charge in [-0.15, -0.1) is 0 Å². The number of aryl methyl sites for hydroxylation is 1. The van der Waals surface area contributed by atoms with E-state index in [0.29, 0.717) is 32.0 Å². The highest BCUT2D eigenvalue weighted by atomic mass is 16.4. The minimum atomic E-state index is -1.06. The Morgan fingerprint density at radius 3 is 2.80 bits per heavy atom. The van der Waals surface area contributed by atoms with Gasteiger partial charge in [-0.1, -0.05) is 6.07 Å². The van der Waals surface area contributed by atoms with Gasteiger partial charge in [0.25, 0.3) is 0 Å². The summed E-state index contributed by atoms with van der Waals surface area (Å²) in [5.41, 5.74) is 2.49. The van der Waals surface area contributed by atoms with Crippen LogP contribution in [0.4, 0.5) is 4.79 Å². The quantitative estimate of drug-likeness (QED) is 0.593. The maximum atomic E-state index is 11.7. The molecule has 0 unspecified atom stereocenters. The van der Waals surface area contributed by atoms with Crippen LogP contribution in [0, 0.1) is 0 Å². The van der Waals surface area contributed by atoms with Gasteiger partial charge in [0.05, 0.1) is 0 Å². The van der Waals surface area contributed by atoms with Crippen LogP contribution in [0.5, 0.6) is 0 Å². The molecule has 0 saturated carbocycles. The van der Waals surface area contributed by atoms with Crippen molar-refractivity contribution in [2.45, 2.75) is 44.6 Å². The van der Waals surface area contributed by atoms with Crippen LogP contribution in [0.15, 0.2) is 18.5 Å². The molecule has 0 spiro atoms. The Morgan fingerprint density at radius 1 is 1.28 bits per heavy atom. The standard InChI is InChI=1S/C18H28N4O3/c1-22-10-4-6-16(22)15-11-14(12-19-13-15)5-2-8-20-17(23)7-3-9-21-18(24)25/h11-13,16,21H,2-10H2,1H3,(H,20,23)(H,24,25)/t16-/m0/s1. The van der Waals surface area contributed by atoms with Crippen molar-refractivity contribution in [1.82, 2.24) is 20.5 Å². The first-order valence-electron chi connectivity index (χ1n) is 8.94. The summed E-state index contributed by atoms with van der Waals surface area (Å²) in [4.78, 5) is 28.7. The lowest BCUT2D eigenvalue weighted by Gasteiger charge is -2.19. The summed E-state index contributed by atoms with van der Waals surface area (Å²) >= 11 is 0. The van der Waals surface area contributed by atoms with E-state index in [9.17, 15) is 9.59 Å². The minimum Gasteiger partial charge on any atom is -0.465 e. The number of hydrogen-bond donors (Lipinski definition) is 3. The zero-order valence-electron chi connectivity index (χ0n) is 14.8. The van der Waals surface area contributed by atoms with Crippen molar-refractivity contribution >= 4 is 12.0 Å². The monoisotopic (exact) mass is 348 g/mol. The topological polar surface area (TPSA) is 94.6 Å². The third-order valence-corrected chi connectivity index (χ3v) is 4.54. The predicted octanol–water partition coefficient (Wildman–Crippen LogP) is 1.94. The molecule has 1 aromatic rings. The molecule has 1 fully saturated rings. The largest absolute Gasteiger partial charge is 0.465 e. The Balaban J connectivity index is 1.65. The second-order valence-electron chi connectivity index (χ2n) is 6.55. The number of carboxylic acid groups (broad SMARTS) is 1. The number of nitrogens with zero attached hydrogens (tertiary/aromatic N) is 2. The number of hydrogen-bond acceptors (Lipinski definition) is 4. The van der Waals surface area contributed by atoms with Gasteiger partial charge in [0.15, 0.2) is 0 Å². The number of carbonyl (C=O) groups is 2. The van der Waals surface area contributed by atoms with Crippen molar-refractivity contribution in [3.63, 3.8) is 0 Å². The molecule has 2 rings (SSSR count). The summed E-state index contributed by atoms with van der Waals surface area (Å²) in [6.45, 7) is 2.07. The van der Waals surface area contributed by atoms with E-state index in [-0.39, 0.29) is 5.91 Å². The van der Waals surface area contributed by atoms with Crippen LogP contribution >= 0.6 is 0 Å². The van der Waals surface area contributed by atoms with E-state index >= 15 is 0 Å². The van der Waals surface area contributed by atoms with Gasteiger partial charge in [0.2, 0.25) is 5.91 Å². The predicted molar refractivity (Wildman–Crippen MR) is 95.4 cm³/mol. The zero-order valence-corrected chi connectivity index (χ0v) is 14.8. The van der Waals surface area contributed by atoms with Crippen molar-refractivity contribution in [2.75, 3.05) is 26.7 Å². The number of likely N-dealkylation sites (tertiary alicyclic amines) is 1. The van der Waals surface area contributed by atoms with E-state index in [2.05, 4.69) is 33.6 Å². The zero-order chi connectivity index (χ0) is 18.1. The second-order valence-corrected chi connectivity index (χ2v) is 6.55. The van der Waals surface area contributed by atoms with Gasteiger partial charge in [-0.25, -0.2) is 4.79 Å². The molecule has 7 heteroatoms. The van der Waals surface area contributed by atoms with E-state index in [4.69, 9.17) is 5.11 Å². The summed E-state index contributed by atoms with van der Waals surface area (Å²) in [7, 11) is 2.16. The van der Waals surface area contributed by atoms with E-state index in [1.807, 2.05) is 12.4 Å². The van der Waals surface area contributed by atoms with Crippen LogP contribution in [-0.4, -0.2) is 53.7 Å². The van der Waals surface area contributed by atoms with Gasteiger partial charge in [0, 0.05) is 37.9 Å². The lowest BCUT2D eigenvalue weighted by Crippen LogP contribution is -2.27. The summed E-state index contributed by atoms with van der Waals surface area (Å²) in [6.07, 6.45) is 7.84. The molecular weight excluding hydrogens is 320 g/mol. The highest BCUT2D eigenvalue weighted by Gasteiger charge is 2.22. The Morgan fingerprint density at radius 2 is 2.08 bits per heavy atom. The smallest absolute Gasteiger partial charge is 0.404 e. The molecule has 1 aliphatic heterocycles. The van der Waals surface area contributed by atoms with Crippen LogP contribution in [0.1, 0.15) is 49.3 Å². The van der Waals surface area contributed by atoms with Crippen LogP contribution in [0.25, 0.3) is 0 Å². The molecule has 1 aromatic heterocycles. The summed E-state index contributed by atoms with van der Waals surface area (Å²) in [5, 5.41) is 13.6. The van der Waals surface area contributed by atoms with Gasteiger partial charge < -0.3 is 15.7 Å². The van der Waals surface area contributed by atoms with Gasteiger partial charge in [-0.3, -0.25) is 14.7 Å². The fraction of sp³-hybridized carbons (Fsp3) is 0.611. The first-order chi connectivity index (χ1) is 12.1. The number of pyridine rings is 1. The van der Waals surface area contributed by atoms with Gasteiger partial charge in [-0.05, 0) is 56.8 Å². The summed E-state index contributed by atoms with van der Waals surface area (Å²) in [5.74, 6) is -0.0355. The molecule has 2 heterocycles. The fourth-order valence-electron chi connectivity index (χ4n) is 3.21. The van der Waals surface area contributed by atoms with Gasteiger partial charge in [-0.2, -0.15) is 0 Å². The number of aromatic nitrogens is 1.